The highest BCUT2D eigenvalue weighted by atomic mass is 79.9. The van der Waals surface area contributed by atoms with Crippen molar-refractivity contribution in [2.45, 2.75) is 18.6 Å². The Morgan fingerprint density at radius 2 is 2.18 bits per heavy atom. The van der Waals surface area contributed by atoms with E-state index in [1.54, 1.807) is 0 Å². The lowest BCUT2D eigenvalue weighted by molar-refractivity contribution is 0.0123. The van der Waals surface area contributed by atoms with Gasteiger partial charge in [-0.15, -0.1) is 0 Å². The fourth-order valence-corrected chi connectivity index (χ4v) is 1.75. The Hall–Kier alpha value is -1.05. The Bertz CT molecular complexity index is 415. The first-order chi connectivity index (χ1) is 7.99. The first-order valence-corrected chi connectivity index (χ1v) is 5.91. The molecule has 2 unspecified atom stereocenters. The van der Waals surface area contributed by atoms with Gasteiger partial charge in [-0.05, 0) is 12.5 Å². The van der Waals surface area contributed by atoms with Crippen molar-refractivity contribution in [1.82, 2.24) is 4.98 Å². The molecule has 0 spiro atoms. The molecular formula is C10H11BrFNO4. The van der Waals surface area contributed by atoms with Crippen molar-refractivity contribution < 1.29 is 24.5 Å². The van der Waals surface area contributed by atoms with Crippen molar-refractivity contribution >= 4 is 21.9 Å². The van der Waals surface area contributed by atoms with E-state index in [-0.39, 0.29) is 6.42 Å². The summed E-state index contributed by atoms with van der Waals surface area (Å²) < 4.78 is 13.6. The van der Waals surface area contributed by atoms with Gasteiger partial charge in [0, 0.05) is 11.5 Å². The topological polar surface area (TPSA) is 90.7 Å². The molecule has 0 saturated heterocycles. The highest BCUT2D eigenvalue weighted by Crippen LogP contribution is 2.22. The Morgan fingerprint density at radius 3 is 2.71 bits per heavy atom. The molecule has 0 aromatic carbocycles. The van der Waals surface area contributed by atoms with Crippen molar-refractivity contribution in [3.05, 3.63) is 29.3 Å². The molecule has 94 valence electrons. The molecular weight excluding hydrogens is 297 g/mol. The number of carboxylic acid groups (broad SMARTS) is 1. The molecule has 0 fully saturated rings. The maximum absolute atomic E-state index is 13.6. The van der Waals surface area contributed by atoms with Gasteiger partial charge in [0.1, 0.15) is 11.8 Å². The molecule has 0 radical (unpaired) electrons. The number of aliphatic hydroxyl groups excluding tert-OH is 2. The predicted molar refractivity (Wildman–Crippen MR) is 60.5 cm³/mol. The van der Waals surface area contributed by atoms with E-state index in [2.05, 4.69) is 20.9 Å². The van der Waals surface area contributed by atoms with Gasteiger partial charge in [0.2, 0.25) is 0 Å². The zero-order valence-corrected chi connectivity index (χ0v) is 10.3. The molecule has 0 aliphatic carbocycles. The lowest BCUT2D eigenvalue weighted by Gasteiger charge is -2.17. The average molecular weight is 308 g/mol. The number of pyridine rings is 1. The van der Waals surface area contributed by atoms with E-state index in [0.717, 1.165) is 12.3 Å². The van der Waals surface area contributed by atoms with Crippen LogP contribution >= 0.6 is 15.9 Å². The number of hydrogen-bond acceptors (Lipinski definition) is 4. The molecule has 2 atom stereocenters. The molecule has 0 saturated carbocycles. The van der Waals surface area contributed by atoms with Crippen LogP contribution in [0.5, 0.6) is 0 Å². The monoisotopic (exact) mass is 307 g/mol. The molecule has 1 rings (SSSR count). The standard InChI is InChI=1S/C10H11BrFNO4/c11-3-1-6(14)9(15)8-7(12)5(10(16)17)2-4-13-8/h2,4,6,9,14-15H,1,3H2,(H,16,17). The molecule has 3 N–H and O–H groups in total. The molecule has 17 heavy (non-hydrogen) atoms. The lowest BCUT2D eigenvalue weighted by atomic mass is 10.1. The third-order valence-electron chi connectivity index (χ3n) is 2.20. The summed E-state index contributed by atoms with van der Waals surface area (Å²) in [5.41, 5.74) is -1.04. The van der Waals surface area contributed by atoms with Crippen molar-refractivity contribution in [2.24, 2.45) is 0 Å². The molecule has 1 aromatic heterocycles. The lowest BCUT2D eigenvalue weighted by Crippen LogP contribution is -2.22. The molecule has 1 aromatic rings. The van der Waals surface area contributed by atoms with Gasteiger partial charge in [-0.25, -0.2) is 9.18 Å². The quantitative estimate of drug-likeness (QED) is 0.709. The van der Waals surface area contributed by atoms with Crippen molar-refractivity contribution in [3.8, 4) is 0 Å². The van der Waals surface area contributed by atoms with Gasteiger partial charge in [0.05, 0.1) is 11.7 Å². The van der Waals surface area contributed by atoms with Crippen LogP contribution in [0.1, 0.15) is 28.6 Å². The average Bonchev–Trinajstić information content (AvgIpc) is 2.28. The van der Waals surface area contributed by atoms with E-state index >= 15 is 0 Å². The first kappa shape index (κ1) is 14.0. The molecule has 0 aliphatic heterocycles. The van der Waals surface area contributed by atoms with Gasteiger partial charge in [0.25, 0.3) is 0 Å². The van der Waals surface area contributed by atoms with Crippen LogP contribution in [0.25, 0.3) is 0 Å². The molecule has 1 heterocycles. The zero-order valence-electron chi connectivity index (χ0n) is 8.68. The van der Waals surface area contributed by atoms with E-state index in [9.17, 15) is 19.4 Å². The van der Waals surface area contributed by atoms with Gasteiger partial charge in [-0.3, -0.25) is 4.98 Å². The van der Waals surface area contributed by atoms with E-state index < -0.39 is 35.3 Å². The number of hydrogen-bond donors (Lipinski definition) is 3. The number of alkyl halides is 1. The minimum Gasteiger partial charge on any atom is -0.478 e. The molecule has 7 heteroatoms. The number of aromatic nitrogens is 1. The van der Waals surface area contributed by atoms with Gasteiger partial charge >= 0.3 is 5.97 Å². The summed E-state index contributed by atoms with van der Waals surface area (Å²) >= 11 is 3.07. The Morgan fingerprint density at radius 1 is 1.53 bits per heavy atom. The van der Waals surface area contributed by atoms with E-state index in [0.29, 0.717) is 5.33 Å². The second-order valence-corrected chi connectivity index (χ2v) is 4.15. The van der Waals surface area contributed by atoms with Gasteiger partial charge in [-0.1, -0.05) is 15.9 Å². The minimum atomic E-state index is -1.55. The number of halogens is 2. The maximum atomic E-state index is 13.6. The first-order valence-electron chi connectivity index (χ1n) is 4.78. The van der Waals surface area contributed by atoms with E-state index in [1.165, 1.54) is 0 Å². The fourth-order valence-electron chi connectivity index (χ4n) is 1.28. The largest absolute Gasteiger partial charge is 0.478 e. The van der Waals surface area contributed by atoms with Gasteiger partial charge in [0.15, 0.2) is 5.82 Å². The number of aromatic carboxylic acids is 1. The molecule has 0 bridgehead atoms. The summed E-state index contributed by atoms with van der Waals surface area (Å²) in [5, 5.41) is 28.2. The summed E-state index contributed by atoms with van der Waals surface area (Å²) in [6, 6.07) is 0.991. The van der Waals surface area contributed by atoms with Crippen molar-refractivity contribution in [3.63, 3.8) is 0 Å². The number of aliphatic hydroxyl groups is 2. The van der Waals surface area contributed by atoms with Crippen LogP contribution < -0.4 is 0 Å². The van der Waals surface area contributed by atoms with Crippen molar-refractivity contribution in [1.29, 1.82) is 0 Å². The van der Waals surface area contributed by atoms with Crippen LogP contribution in [-0.4, -0.2) is 37.7 Å². The minimum absolute atomic E-state index is 0.194. The summed E-state index contributed by atoms with van der Waals surface area (Å²) in [5.74, 6) is -2.57. The smallest absolute Gasteiger partial charge is 0.338 e. The summed E-state index contributed by atoms with van der Waals surface area (Å²) in [6.07, 6.45) is -1.49. The predicted octanol–water partition coefficient (Wildman–Crippen LogP) is 1.10. The number of rotatable bonds is 5. The van der Waals surface area contributed by atoms with Crippen LogP contribution in [0.3, 0.4) is 0 Å². The highest BCUT2D eigenvalue weighted by molar-refractivity contribution is 9.09. The summed E-state index contributed by atoms with van der Waals surface area (Å²) in [7, 11) is 0. The van der Waals surface area contributed by atoms with Crippen LogP contribution in [0, 0.1) is 5.82 Å². The number of carbonyl (C=O) groups is 1. The van der Waals surface area contributed by atoms with Crippen molar-refractivity contribution in [2.75, 3.05) is 5.33 Å². The SMILES string of the molecule is O=C(O)c1ccnc(C(O)C(O)CCBr)c1F. The molecule has 5 nitrogen and oxygen atoms in total. The van der Waals surface area contributed by atoms with Crippen LogP contribution in [0.15, 0.2) is 12.3 Å². The summed E-state index contributed by atoms with van der Waals surface area (Å²) in [6.45, 7) is 0. The van der Waals surface area contributed by atoms with Crippen LogP contribution in [-0.2, 0) is 0 Å². The van der Waals surface area contributed by atoms with Crippen LogP contribution in [0.2, 0.25) is 0 Å². The highest BCUT2D eigenvalue weighted by Gasteiger charge is 2.25. The van der Waals surface area contributed by atoms with Gasteiger partial charge in [-0.2, -0.15) is 0 Å². The van der Waals surface area contributed by atoms with Gasteiger partial charge < -0.3 is 15.3 Å². The maximum Gasteiger partial charge on any atom is 0.338 e. The molecule has 0 aliphatic rings. The Balaban J connectivity index is 3.06. The third-order valence-corrected chi connectivity index (χ3v) is 2.65. The Labute approximate surface area is 105 Å². The normalized spacial score (nSPS) is 14.4. The number of carboxylic acids is 1. The van der Waals surface area contributed by atoms with Crippen LogP contribution in [0.4, 0.5) is 4.39 Å². The zero-order chi connectivity index (χ0) is 13.0. The number of nitrogens with zero attached hydrogens (tertiary/aromatic N) is 1. The Kier molecular flexibility index (Phi) is 4.98. The summed E-state index contributed by atoms with van der Waals surface area (Å²) in [4.78, 5) is 14.2. The third kappa shape index (κ3) is 3.21. The second kappa shape index (κ2) is 6.04. The fraction of sp³-hybridized carbons (Fsp3) is 0.400. The van der Waals surface area contributed by atoms with E-state index in [1.807, 2.05) is 0 Å². The van der Waals surface area contributed by atoms with E-state index in [4.69, 9.17) is 5.11 Å². The molecule has 0 amide bonds. The second-order valence-electron chi connectivity index (χ2n) is 3.35.